The molecule has 0 spiro atoms. The van der Waals surface area contributed by atoms with Crippen LogP contribution in [0.3, 0.4) is 0 Å². The Hall–Kier alpha value is -2.39. The summed E-state index contributed by atoms with van der Waals surface area (Å²) in [6.45, 7) is 3.38. The molecule has 0 fully saturated rings. The first-order valence-electron chi connectivity index (χ1n) is 7.47. The van der Waals surface area contributed by atoms with Gasteiger partial charge in [0.25, 0.3) is 0 Å². The lowest BCUT2D eigenvalue weighted by atomic mass is 10.1. The van der Waals surface area contributed by atoms with Crippen LogP contribution in [0, 0.1) is 0 Å². The zero-order valence-electron chi connectivity index (χ0n) is 12.8. The molecular weight excluding hydrogens is 274 g/mol. The Labute approximate surface area is 131 Å². The average Bonchev–Trinajstić information content (AvgIpc) is 2.56. The Morgan fingerprint density at radius 3 is 2.32 bits per heavy atom. The second-order valence-electron chi connectivity index (χ2n) is 4.89. The highest BCUT2D eigenvalue weighted by molar-refractivity contribution is 5.94. The summed E-state index contributed by atoms with van der Waals surface area (Å²) in [5.41, 5.74) is 2.81. The smallest absolute Gasteiger partial charge is 0.335 e. The summed E-state index contributed by atoms with van der Waals surface area (Å²) in [4.78, 5) is 12.1. The monoisotopic (exact) mass is 295 g/mol. The first-order valence-corrected chi connectivity index (χ1v) is 7.47. The van der Waals surface area contributed by atoms with Crippen molar-refractivity contribution in [2.45, 2.75) is 13.5 Å². The molecule has 3 heteroatoms. The molecular formula is C19H21NO2. The van der Waals surface area contributed by atoms with Gasteiger partial charge in [-0.3, -0.25) is 0 Å². The lowest BCUT2D eigenvalue weighted by Crippen LogP contribution is -2.22. The molecule has 114 valence electrons. The molecule has 0 amide bonds. The van der Waals surface area contributed by atoms with Gasteiger partial charge >= 0.3 is 5.97 Å². The SMILES string of the molecule is CCOC(=O)/C(=C/c1ccccc1)CNCc1ccccc1. The maximum Gasteiger partial charge on any atom is 0.335 e. The maximum absolute atomic E-state index is 12.1. The first kappa shape index (κ1) is 16.0. The second-order valence-corrected chi connectivity index (χ2v) is 4.89. The summed E-state index contributed by atoms with van der Waals surface area (Å²) < 4.78 is 5.13. The fourth-order valence-electron chi connectivity index (χ4n) is 2.09. The number of hydrogen-bond donors (Lipinski definition) is 1. The van der Waals surface area contributed by atoms with Crippen LogP contribution in [0.25, 0.3) is 6.08 Å². The van der Waals surface area contributed by atoms with E-state index in [9.17, 15) is 4.79 Å². The molecule has 0 aliphatic carbocycles. The minimum Gasteiger partial charge on any atom is -0.463 e. The van der Waals surface area contributed by atoms with E-state index in [0.29, 0.717) is 25.3 Å². The topological polar surface area (TPSA) is 38.3 Å². The molecule has 0 unspecified atom stereocenters. The van der Waals surface area contributed by atoms with Gasteiger partial charge < -0.3 is 10.1 Å². The third kappa shape index (κ3) is 5.19. The minimum atomic E-state index is -0.271. The summed E-state index contributed by atoms with van der Waals surface area (Å²) in [6, 6.07) is 19.9. The van der Waals surface area contributed by atoms with Gasteiger partial charge in [-0.15, -0.1) is 0 Å². The van der Waals surface area contributed by atoms with Gasteiger partial charge in [-0.05, 0) is 24.1 Å². The van der Waals surface area contributed by atoms with Crippen molar-refractivity contribution in [2.75, 3.05) is 13.2 Å². The van der Waals surface area contributed by atoms with Gasteiger partial charge in [0.1, 0.15) is 0 Å². The van der Waals surface area contributed by atoms with Crippen LogP contribution in [-0.4, -0.2) is 19.1 Å². The van der Waals surface area contributed by atoms with Gasteiger partial charge in [0.15, 0.2) is 0 Å². The molecule has 22 heavy (non-hydrogen) atoms. The molecule has 0 aromatic heterocycles. The van der Waals surface area contributed by atoms with E-state index in [4.69, 9.17) is 4.74 Å². The van der Waals surface area contributed by atoms with Gasteiger partial charge in [0.2, 0.25) is 0 Å². The van der Waals surface area contributed by atoms with Crippen molar-refractivity contribution < 1.29 is 9.53 Å². The van der Waals surface area contributed by atoms with Crippen molar-refractivity contribution in [1.29, 1.82) is 0 Å². The normalized spacial score (nSPS) is 11.2. The van der Waals surface area contributed by atoms with Crippen molar-refractivity contribution in [1.82, 2.24) is 5.32 Å². The quantitative estimate of drug-likeness (QED) is 0.628. The van der Waals surface area contributed by atoms with Crippen molar-refractivity contribution in [2.24, 2.45) is 0 Å². The molecule has 0 saturated heterocycles. The van der Waals surface area contributed by atoms with Crippen molar-refractivity contribution in [3.63, 3.8) is 0 Å². The minimum absolute atomic E-state index is 0.271. The summed E-state index contributed by atoms with van der Waals surface area (Å²) in [7, 11) is 0. The number of rotatable bonds is 7. The van der Waals surface area contributed by atoms with E-state index in [0.717, 1.165) is 5.56 Å². The van der Waals surface area contributed by atoms with E-state index in [1.165, 1.54) is 5.56 Å². The standard InChI is InChI=1S/C19H21NO2/c1-2-22-19(21)18(13-16-9-5-3-6-10-16)15-20-14-17-11-7-4-8-12-17/h3-13,20H,2,14-15H2,1H3/b18-13+. The third-order valence-electron chi connectivity index (χ3n) is 3.17. The second kappa shape index (κ2) is 8.80. The van der Waals surface area contributed by atoms with Crippen LogP contribution in [0.5, 0.6) is 0 Å². The number of carbonyl (C=O) groups excluding carboxylic acids is 1. The van der Waals surface area contributed by atoms with Gasteiger partial charge in [0, 0.05) is 13.1 Å². The predicted molar refractivity (Wildman–Crippen MR) is 89.2 cm³/mol. The van der Waals surface area contributed by atoms with E-state index >= 15 is 0 Å². The van der Waals surface area contributed by atoms with Crippen LogP contribution in [-0.2, 0) is 16.1 Å². The largest absolute Gasteiger partial charge is 0.463 e. The third-order valence-corrected chi connectivity index (χ3v) is 3.17. The Kier molecular flexibility index (Phi) is 6.39. The molecule has 0 heterocycles. The number of esters is 1. The van der Waals surface area contributed by atoms with Crippen LogP contribution in [0.2, 0.25) is 0 Å². The Morgan fingerprint density at radius 2 is 1.68 bits per heavy atom. The molecule has 2 rings (SSSR count). The average molecular weight is 295 g/mol. The highest BCUT2D eigenvalue weighted by Crippen LogP contribution is 2.08. The number of benzene rings is 2. The molecule has 1 N–H and O–H groups in total. The summed E-state index contributed by atoms with van der Waals surface area (Å²) >= 11 is 0. The summed E-state index contributed by atoms with van der Waals surface area (Å²) in [5, 5.41) is 3.29. The Balaban J connectivity index is 2.02. The zero-order valence-corrected chi connectivity index (χ0v) is 12.8. The fourth-order valence-corrected chi connectivity index (χ4v) is 2.09. The van der Waals surface area contributed by atoms with Gasteiger partial charge in [-0.2, -0.15) is 0 Å². The Bertz CT molecular complexity index is 606. The van der Waals surface area contributed by atoms with Gasteiger partial charge in [-0.25, -0.2) is 4.79 Å². The number of nitrogens with one attached hydrogen (secondary N) is 1. The van der Waals surface area contributed by atoms with Crippen molar-refractivity contribution in [3.05, 3.63) is 77.4 Å². The zero-order chi connectivity index (χ0) is 15.6. The molecule has 0 radical (unpaired) electrons. The van der Waals surface area contributed by atoms with Gasteiger partial charge in [-0.1, -0.05) is 60.7 Å². The molecule has 3 nitrogen and oxygen atoms in total. The molecule has 2 aromatic rings. The van der Waals surface area contributed by atoms with Gasteiger partial charge in [0.05, 0.1) is 12.2 Å². The Morgan fingerprint density at radius 1 is 1.05 bits per heavy atom. The molecule has 0 aliphatic rings. The highest BCUT2D eigenvalue weighted by atomic mass is 16.5. The van der Waals surface area contributed by atoms with E-state index in [1.54, 1.807) is 0 Å². The van der Waals surface area contributed by atoms with Crippen molar-refractivity contribution in [3.8, 4) is 0 Å². The highest BCUT2D eigenvalue weighted by Gasteiger charge is 2.10. The van der Waals surface area contributed by atoms with Crippen LogP contribution in [0.1, 0.15) is 18.1 Å². The lowest BCUT2D eigenvalue weighted by molar-refractivity contribution is -0.138. The van der Waals surface area contributed by atoms with Crippen LogP contribution in [0.4, 0.5) is 0 Å². The van der Waals surface area contributed by atoms with Crippen LogP contribution in [0.15, 0.2) is 66.2 Å². The van der Waals surface area contributed by atoms with E-state index < -0.39 is 0 Å². The lowest BCUT2D eigenvalue weighted by Gasteiger charge is -2.09. The fraction of sp³-hybridized carbons (Fsp3) is 0.211. The number of hydrogen-bond acceptors (Lipinski definition) is 3. The molecule has 2 aromatic carbocycles. The van der Waals surface area contributed by atoms with E-state index in [1.807, 2.05) is 61.5 Å². The van der Waals surface area contributed by atoms with E-state index in [2.05, 4.69) is 17.4 Å². The van der Waals surface area contributed by atoms with Crippen LogP contribution >= 0.6 is 0 Å². The van der Waals surface area contributed by atoms with Crippen LogP contribution < -0.4 is 5.32 Å². The molecule has 0 atom stereocenters. The van der Waals surface area contributed by atoms with E-state index in [-0.39, 0.29) is 5.97 Å². The van der Waals surface area contributed by atoms with Crippen molar-refractivity contribution >= 4 is 12.0 Å². The molecule has 0 saturated carbocycles. The summed E-state index contributed by atoms with van der Waals surface area (Å²) in [6.07, 6.45) is 1.87. The molecule has 0 bridgehead atoms. The maximum atomic E-state index is 12.1. The summed E-state index contributed by atoms with van der Waals surface area (Å²) in [5.74, 6) is -0.271. The molecule has 0 aliphatic heterocycles. The first-order chi connectivity index (χ1) is 10.8. The number of carbonyl (C=O) groups is 1. The predicted octanol–water partition coefficient (Wildman–Crippen LogP) is 3.42. The number of ether oxygens (including phenoxy) is 1.